The number of aliphatic carboxylic acids is 1. The van der Waals surface area contributed by atoms with Crippen molar-refractivity contribution in [3.63, 3.8) is 0 Å². The van der Waals surface area contributed by atoms with Crippen LogP contribution in [0.15, 0.2) is 24.3 Å². The molecule has 0 radical (unpaired) electrons. The molecule has 2 rings (SSSR count). The van der Waals surface area contributed by atoms with Gasteiger partial charge in [-0.1, -0.05) is 6.07 Å². The van der Waals surface area contributed by atoms with E-state index in [1.165, 1.54) is 12.1 Å². The minimum absolute atomic E-state index is 0.0350. The van der Waals surface area contributed by atoms with E-state index in [1.807, 2.05) is 0 Å². The maximum absolute atomic E-state index is 10.8. The summed E-state index contributed by atoms with van der Waals surface area (Å²) >= 11 is 0. The number of nitro groups is 1. The summed E-state index contributed by atoms with van der Waals surface area (Å²) in [5, 5.41) is 22.7. The molecule has 1 aliphatic rings. The SMILES string of the molecule is O=C(O)[C@@H]1CC[C@H](Nc2cccc([N+](=O)[O-])c2)C1. The van der Waals surface area contributed by atoms with Crippen molar-refractivity contribution in [3.05, 3.63) is 34.4 Å². The Balaban J connectivity index is 2.00. The lowest BCUT2D eigenvalue weighted by Gasteiger charge is -2.13. The number of nitrogens with zero attached hydrogens (tertiary/aromatic N) is 1. The van der Waals surface area contributed by atoms with Gasteiger partial charge < -0.3 is 10.4 Å². The molecule has 0 bridgehead atoms. The summed E-state index contributed by atoms with van der Waals surface area (Å²) in [4.78, 5) is 21.0. The van der Waals surface area contributed by atoms with Crippen molar-refractivity contribution in [2.45, 2.75) is 25.3 Å². The molecule has 0 heterocycles. The first-order valence-electron chi connectivity index (χ1n) is 5.80. The van der Waals surface area contributed by atoms with Gasteiger partial charge in [-0.2, -0.15) is 0 Å². The second-order valence-electron chi connectivity index (χ2n) is 4.50. The van der Waals surface area contributed by atoms with E-state index in [0.717, 1.165) is 6.42 Å². The summed E-state index contributed by atoms with van der Waals surface area (Å²) in [7, 11) is 0. The van der Waals surface area contributed by atoms with Gasteiger partial charge in [-0.3, -0.25) is 14.9 Å². The fraction of sp³-hybridized carbons (Fsp3) is 0.417. The molecule has 0 aliphatic heterocycles. The zero-order chi connectivity index (χ0) is 13.1. The van der Waals surface area contributed by atoms with Crippen LogP contribution in [0.2, 0.25) is 0 Å². The third kappa shape index (κ3) is 2.77. The van der Waals surface area contributed by atoms with Crippen molar-refractivity contribution in [2.24, 2.45) is 5.92 Å². The molecule has 1 aromatic carbocycles. The molecule has 2 atom stereocenters. The maximum atomic E-state index is 10.8. The monoisotopic (exact) mass is 250 g/mol. The number of carbonyl (C=O) groups is 1. The Kier molecular flexibility index (Phi) is 3.45. The van der Waals surface area contributed by atoms with Crippen molar-refractivity contribution in [3.8, 4) is 0 Å². The van der Waals surface area contributed by atoms with E-state index in [1.54, 1.807) is 12.1 Å². The molecule has 6 nitrogen and oxygen atoms in total. The lowest BCUT2D eigenvalue weighted by molar-refractivity contribution is -0.384. The average Bonchev–Trinajstić information content (AvgIpc) is 2.78. The summed E-state index contributed by atoms with van der Waals surface area (Å²) in [5.74, 6) is -1.07. The minimum atomic E-state index is -0.765. The number of carboxylic acids is 1. The predicted molar refractivity (Wildman–Crippen MR) is 65.5 cm³/mol. The zero-order valence-corrected chi connectivity index (χ0v) is 9.70. The third-order valence-corrected chi connectivity index (χ3v) is 3.21. The Labute approximate surface area is 104 Å². The first-order valence-corrected chi connectivity index (χ1v) is 5.80. The predicted octanol–water partition coefficient (Wildman–Crippen LogP) is 2.26. The molecule has 6 heteroatoms. The summed E-state index contributed by atoms with van der Waals surface area (Å²) in [6.45, 7) is 0. The zero-order valence-electron chi connectivity index (χ0n) is 9.70. The highest BCUT2D eigenvalue weighted by Gasteiger charge is 2.29. The summed E-state index contributed by atoms with van der Waals surface area (Å²) < 4.78 is 0. The molecular weight excluding hydrogens is 236 g/mol. The maximum Gasteiger partial charge on any atom is 0.306 e. The average molecular weight is 250 g/mol. The van der Waals surface area contributed by atoms with Crippen molar-refractivity contribution in [1.29, 1.82) is 0 Å². The van der Waals surface area contributed by atoms with Crippen molar-refractivity contribution in [1.82, 2.24) is 0 Å². The van der Waals surface area contributed by atoms with E-state index in [2.05, 4.69) is 5.32 Å². The molecular formula is C12H14N2O4. The van der Waals surface area contributed by atoms with Gasteiger partial charge in [-0.25, -0.2) is 0 Å². The van der Waals surface area contributed by atoms with Gasteiger partial charge >= 0.3 is 5.97 Å². The van der Waals surface area contributed by atoms with Gasteiger partial charge in [-0.05, 0) is 25.3 Å². The number of nitrogens with one attached hydrogen (secondary N) is 1. The highest BCUT2D eigenvalue weighted by Crippen LogP contribution is 2.29. The molecule has 1 aliphatic carbocycles. The van der Waals surface area contributed by atoms with Crippen LogP contribution in [-0.2, 0) is 4.79 Å². The molecule has 0 saturated heterocycles. The smallest absolute Gasteiger partial charge is 0.306 e. The van der Waals surface area contributed by atoms with Gasteiger partial charge in [0.25, 0.3) is 5.69 Å². The topological polar surface area (TPSA) is 92.5 Å². The molecule has 1 saturated carbocycles. The quantitative estimate of drug-likeness (QED) is 0.631. The lowest BCUT2D eigenvalue weighted by Crippen LogP contribution is -2.17. The Morgan fingerprint density at radius 1 is 1.44 bits per heavy atom. The lowest BCUT2D eigenvalue weighted by atomic mass is 10.1. The van der Waals surface area contributed by atoms with Crippen LogP contribution in [0.1, 0.15) is 19.3 Å². The van der Waals surface area contributed by atoms with Crippen LogP contribution in [0.25, 0.3) is 0 Å². The Bertz CT molecular complexity index is 475. The first kappa shape index (κ1) is 12.3. The molecule has 0 aromatic heterocycles. The number of rotatable bonds is 4. The molecule has 1 fully saturated rings. The Morgan fingerprint density at radius 3 is 2.83 bits per heavy atom. The van der Waals surface area contributed by atoms with Crippen molar-refractivity contribution >= 4 is 17.3 Å². The normalized spacial score (nSPS) is 22.7. The van der Waals surface area contributed by atoms with Crippen LogP contribution in [0.5, 0.6) is 0 Å². The first-order chi connectivity index (χ1) is 8.56. The van der Waals surface area contributed by atoms with Crippen LogP contribution in [0.4, 0.5) is 11.4 Å². The molecule has 96 valence electrons. The third-order valence-electron chi connectivity index (χ3n) is 3.21. The van der Waals surface area contributed by atoms with E-state index < -0.39 is 10.9 Å². The largest absolute Gasteiger partial charge is 0.481 e. The number of hydrogen-bond donors (Lipinski definition) is 2. The fourth-order valence-corrected chi connectivity index (χ4v) is 2.28. The molecule has 2 N–H and O–H groups in total. The number of nitro benzene ring substituents is 1. The fourth-order valence-electron chi connectivity index (χ4n) is 2.28. The molecule has 18 heavy (non-hydrogen) atoms. The van der Waals surface area contributed by atoms with Crippen LogP contribution in [0.3, 0.4) is 0 Å². The summed E-state index contributed by atoms with van der Waals surface area (Å²) in [6.07, 6.45) is 2.00. The van der Waals surface area contributed by atoms with E-state index in [9.17, 15) is 14.9 Å². The van der Waals surface area contributed by atoms with Gasteiger partial charge in [-0.15, -0.1) is 0 Å². The highest BCUT2D eigenvalue weighted by atomic mass is 16.6. The summed E-state index contributed by atoms with van der Waals surface area (Å²) in [6, 6.07) is 6.34. The van der Waals surface area contributed by atoms with Crippen molar-refractivity contribution < 1.29 is 14.8 Å². The second-order valence-corrected chi connectivity index (χ2v) is 4.50. The van der Waals surface area contributed by atoms with Gasteiger partial charge in [0.2, 0.25) is 0 Å². The number of anilines is 1. The number of hydrogen-bond acceptors (Lipinski definition) is 4. The van der Waals surface area contributed by atoms with Gasteiger partial charge in [0.1, 0.15) is 0 Å². The van der Waals surface area contributed by atoms with E-state index in [4.69, 9.17) is 5.11 Å². The molecule has 0 unspecified atom stereocenters. The minimum Gasteiger partial charge on any atom is -0.481 e. The van der Waals surface area contributed by atoms with Crippen molar-refractivity contribution in [2.75, 3.05) is 5.32 Å². The molecule has 0 amide bonds. The highest BCUT2D eigenvalue weighted by molar-refractivity contribution is 5.70. The van der Waals surface area contributed by atoms with E-state index in [0.29, 0.717) is 18.5 Å². The van der Waals surface area contributed by atoms with Crippen LogP contribution >= 0.6 is 0 Å². The number of carboxylic acid groups (broad SMARTS) is 1. The van der Waals surface area contributed by atoms with Gasteiger partial charge in [0, 0.05) is 23.9 Å². The number of benzene rings is 1. The molecule has 0 spiro atoms. The van der Waals surface area contributed by atoms with Gasteiger partial charge in [0.15, 0.2) is 0 Å². The van der Waals surface area contributed by atoms with Crippen LogP contribution in [0, 0.1) is 16.0 Å². The van der Waals surface area contributed by atoms with E-state index in [-0.39, 0.29) is 17.6 Å². The molecule has 1 aromatic rings. The second kappa shape index (κ2) is 5.03. The standard InChI is InChI=1S/C12H14N2O4/c15-12(16)8-4-5-10(6-8)13-9-2-1-3-11(7-9)14(17)18/h1-3,7-8,10,13H,4-6H2,(H,15,16)/t8-,10+/m1/s1. The van der Waals surface area contributed by atoms with Gasteiger partial charge in [0.05, 0.1) is 10.8 Å². The summed E-state index contributed by atoms with van der Waals surface area (Å²) in [5.41, 5.74) is 0.702. The van der Waals surface area contributed by atoms with Crippen LogP contribution < -0.4 is 5.32 Å². The van der Waals surface area contributed by atoms with E-state index >= 15 is 0 Å². The van der Waals surface area contributed by atoms with Crippen LogP contribution in [-0.4, -0.2) is 22.0 Å². The Morgan fingerprint density at radius 2 is 2.22 bits per heavy atom. The number of non-ortho nitro benzene ring substituents is 1. The Hall–Kier alpha value is -2.11.